The number of carbonyl (C=O) groups excluding carboxylic acids is 1. The Labute approximate surface area is 179 Å². The predicted octanol–water partition coefficient (Wildman–Crippen LogP) is 4.04. The van der Waals surface area contributed by atoms with Crippen molar-refractivity contribution in [1.29, 1.82) is 0 Å². The van der Waals surface area contributed by atoms with Crippen molar-refractivity contribution in [3.8, 4) is 22.8 Å². The van der Waals surface area contributed by atoms with Gasteiger partial charge in [-0.1, -0.05) is 19.1 Å². The fraction of sp³-hybridized carbons (Fsp3) is 0.174. The van der Waals surface area contributed by atoms with Gasteiger partial charge in [0.2, 0.25) is 5.91 Å². The van der Waals surface area contributed by atoms with Crippen LogP contribution in [0.25, 0.3) is 16.9 Å². The summed E-state index contributed by atoms with van der Waals surface area (Å²) in [6.07, 6.45) is 6.36. The van der Waals surface area contributed by atoms with Crippen molar-refractivity contribution >= 4 is 23.1 Å². The van der Waals surface area contributed by atoms with Gasteiger partial charge in [-0.25, -0.2) is 9.97 Å². The van der Waals surface area contributed by atoms with Crippen LogP contribution in [0.5, 0.6) is 11.5 Å². The molecular formula is C23H23N5O3. The fourth-order valence-corrected chi connectivity index (χ4v) is 3.17. The molecular weight excluding hydrogens is 394 g/mol. The molecule has 3 N–H and O–H groups in total. The minimum Gasteiger partial charge on any atom is -0.493 e. The lowest BCUT2D eigenvalue weighted by Crippen LogP contribution is -2.10. The van der Waals surface area contributed by atoms with E-state index in [2.05, 4.69) is 17.2 Å². The Balaban J connectivity index is 1.69. The van der Waals surface area contributed by atoms with Crippen molar-refractivity contribution in [3.05, 3.63) is 66.6 Å². The number of nitrogens with two attached hydrogens (primary N) is 1. The molecule has 0 saturated heterocycles. The SMILES string of the molecule is CCCOc1ccc(Nc2nc(-c3ccc(C(N)=O)cc3)cn3ccnc23)cc1OC. The molecule has 4 aromatic rings. The number of primary amides is 1. The Morgan fingerprint density at radius 2 is 1.97 bits per heavy atom. The minimum absolute atomic E-state index is 0.447. The van der Waals surface area contributed by atoms with Gasteiger partial charge in [-0.15, -0.1) is 0 Å². The van der Waals surface area contributed by atoms with E-state index < -0.39 is 5.91 Å². The third-order valence-electron chi connectivity index (χ3n) is 4.73. The molecule has 2 aromatic heterocycles. The van der Waals surface area contributed by atoms with Crippen LogP contribution in [0.2, 0.25) is 0 Å². The lowest BCUT2D eigenvalue weighted by atomic mass is 10.1. The summed E-state index contributed by atoms with van der Waals surface area (Å²) in [6, 6.07) is 12.6. The molecule has 31 heavy (non-hydrogen) atoms. The second kappa shape index (κ2) is 8.74. The number of nitrogens with zero attached hydrogens (tertiary/aromatic N) is 3. The van der Waals surface area contributed by atoms with E-state index in [-0.39, 0.29) is 0 Å². The molecule has 0 atom stereocenters. The van der Waals surface area contributed by atoms with E-state index in [0.29, 0.717) is 35.1 Å². The number of methoxy groups -OCH3 is 1. The zero-order chi connectivity index (χ0) is 21.8. The maximum Gasteiger partial charge on any atom is 0.248 e. The standard InChI is InChI=1S/C23H23N5O3/c1-3-12-31-19-9-8-17(13-20(19)30-2)26-22-23-25-10-11-28(23)14-18(27-22)15-4-6-16(7-5-15)21(24)29/h4-11,13-14H,3,12H2,1-2H3,(H2,24,29)(H,26,27). The molecule has 2 aromatic carbocycles. The molecule has 0 bridgehead atoms. The Bertz CT molecular complexity index is 1220. The van der Waals surface area contributed by atoms with Gasteiger partial charge in [0, 0.05) is 41.5 Å². The van der Waals surface area contributed by atoms with Gasteiger partial charge >= 0.3 is 0 Å². The summed E-state index contributed by atoms with van der Waals surface area (Å²) in [6.45, 7) is 2.67. The summed E-state index contributed by atoms with van der Waals surface area (Å²) in [7, 11) is 1.61. The highest BCUT2D eigenvalue weighted by molar-refractivity contribution is 5.93. The Morgan fingerprint density at radius 1 is 1.16 bits per heavy atom. The average Bonchev–Trinajstić information content (AvgIpc) is 3.27. The van der Waals surface area contributed by atoms with Crippen LogP contribution in [0.1, 0.15) is 23.7 Å². The average molecular weight is 417 g/mol. The van der Waals surface area contributed by atoms with Gasteiger partial charge in [-0.2, -0.15) is 0 Å². The highest BCUT2D eigenvalue weighted by Gasteiger charge is 2.12. The molecule has 0 aliphatic carbocycles. The largest absolute Gasteiger partial charge is 0.493 e. The molecule has 0 radical (unpaired) electrons. The van der Waals surface area contributed by atoms with Crippen LogP contribution in [0.4, 0.5) is 11.5 Å². The molecule has 0 unspecified atom stereocenters. The monoisotopic (exact) mass is 417 g/mol. The predicted molar refractivity (Wildman–Crippen MR) is 119 cm³/mol. The number of fused-ring (bicyclic) bond motifs is 1. The fourth-order valence-electron chi connectivity index (χ4n) is 3.17. The Morgan fingerprint density at radius 3 is 2.68 bits per heavy atom. The summed E-state index contributed by atoms with van der Waals surface area (Å²) >= 11 is 0. The summed E-state index contributed by atoms with van der Waals surface area (Å²) in [5.41, 5.74) is 8.83. The highest BCUT2D eigenvalue weighted by atomic mass is 16.5. The molecule has 4 rings (SSSR count). The molecule has 0 fully saturated rings. The number of imidazole rings is 1. The van der Waals surface area contributed by atoms with Crippen molar-refractivity contribution in [2.45, 2.75) is 13.3 Å². The van der Waals surface area contributed by atoms with E-state index in [1.807, 2.05) is 47.1 Å². The summed E-state index contributed by atoms with van der Waals surface area (Å²) in [4.78, 5) is 20.5. The topological polar surface area (TPSA) is 104 Å². The summed E-state index contributed by atoms with van der Waals surface area (Å²) < 4.78 is 13.1. The van der Waals surface area contributed by atoms with Crippen molar-refractivity contribution < 1.29 is 14.3 Å². The maximum absolute atomic E-state index is 11.3. The van der Waals surface area contributed by atoms with Crippen molar-refractivity contribution in [3.63, 3.8) is 0 Å². The second-order valence-electron chi connectivity index (χ2n) is 6.91. The minimum atomic E-state index is -0.466. The van der Waals surface area contributed by atoms with Gasteiger partial charge in [0.1, 0.15) is 0 Å². The number of amides is 1. The van der Waals surface area contributed by atoms with Crippen molar-refractivity contribution in [2.24, 2.45) is 5.73 Å². The summed E-state index contributed by atoms with van der Waals surface area (Å²) in [5, 5.41) is 3.33. The number of aromatic nitrogens is 3. The molecule has 1 amide bonds. The van der Waals surface area contributed by atoms with Crippen LogP contribution >= 0.6 is 0 Å². The van der Waals surface area contributed by atoms with Gasteiger partial charge in [0.25, 0.3) is 0 Å². The molecule has 8 nitrogen and oxygen atoms in total. The van der Waals surface area contributed by atoms with Crippen molar-refractivity contribution in [2.75, 3.05) is 19.0 Å². The number of benzene rings is 2. The quantitative estimate of drug-likeness (QED) is 0.448. The number of nitrogens with one attached hydrogen (secondary N) is 1. The van der Waals surface area contributed by atoms with Gasteiger partial charge in [0.05, 0.1) is 19.4 Å². The number of anilines is 2. The zero-order valence-electron chi connectivity index (χ0n) is 17.3. The zero-order valence-corrected chi connectivity index (χ0v) is 17.3. The van der Waals surface area contributed by atoms with E-state index in [1.54, 1.807) is 25.4 Å². The van der Waals surface area contributed by atoms with Crippen LogP contribution in [-0.4, -0.2) is 34.0 Å². The van der Waals surface area contributed by atoms with Crippen LogP contribution in [0, 0.1) is 0 Å². The van der Waals surface area contributed by atoms with E-state index in [0.717, 1.165) is 23.4 Å². The number of hydrogen-bond donors (Lipinski definition) is 2. The first kappa shape index (κ1) is 20.2. The highest BCUT2D eigenvalue weighted by Crippen LogP contribution is 2.32. The van der Waals surface area contributed by atoms with Gasteiger partial charge < -0.3 is 24.9 Å². The Kier molecular flexibility index (Phi) is 5.70. The summed E-state index contributed by atoms with van der Waals surface area (Å²) in [5.74, 6) is 1.45. The molecule has 0 aliphatic heterocycles. The Hall–Kier alpha value is -4.07. The van der Waals surface area contributed by atoms with Gasteiger partial charge in [-0.05, 0) is 30.7 Å². The third kappa shape index (κ3) is 4.28. The van der Waals surface area contributed by atoms with Crippen LogP contribution < -0.4 is 20.5 Å². The van der Waals surface area contributed by atoms with Crippen LogP contribution in [0.15, 0.2) is 61.1 Å². The van der Waals surface area contributed by atoms with E-state index >= 15 is 0 Å². The number of rotatable bonds is 8. The molecule has 0 saturated carbocycles. The van der Waals surface area contributed by atoms with E-state index in [4.69, 9.17) is 20.2 Å². The molecule has 0 spiro atoms. The molecule has 158 valence electrons. The first-order chi connectivity index (χ1) is 15.1. The maximum atomic E-state index is 11.3. The first-order valence-corrected chi connectivity index (χ1v) is 9.91. The lowest BCUT2D eigenvalue weighted by Gasteiger charge is -2.14. The van der Waals surface area contributed by atoms with Gasteiger partial charge in [-0.3, -0.25) is 4.79 Å². The number of carbonyl (C=O) groups is 1. The van der Waals surface area contributed by atoms with Crippen LogP contribution in [-0.2, 0) is 0 Å². The number of ether oxygens (including phenoxy) is 2. The molecule has 0 aliphatic rings. The second-order valence-corrected chi connectivity index (χ2v) is 6.91. The third-order valence-corrected chi connectivity index (χ3v) is 4.73. The lowest BCUT2D eigenvalue weighted by molar-refractivity contribution is 0.100. The first-order valence-electron chi connectivity index (χ1n) is 9.91. The van der Waals surface area contributed by atoms with E-state index in [9.17, 15) is 4.79 Å². The smallest absolute Gasteiger partial charge is 0.248 e. The van der Waals surface area contributed by atoms with Crippen molar-refractivity contribution in [1.82, 2.24) is 14.4 Å². The van der Waals surface area contributed by atoms with E-state index in [1.165, 1.54) is 0 Å². The van der Waals surface area contributed by atoms with Crippen LogP contribution in [0.3, 0.4) is 0 Å². The van der Waals surface area contributed by atoms with Gasteiger partial charge in [0.15, 0.2) is 23.0 Å². The number of hydrogen-bond acceptors (Lipinski definition) is 6. The normalized spacial score (nSPS) is 10.8. The molecule has 2 heterocycles. The molecule has 8 heteroatoms.